The van der Waals surface area contributed by atoms with Gasteiger partial charge in [0, 0.05) is 6.54 Å². The largest absolute Gasteiger partial charge is 0.408 e. The second-order valence-electron chi connectivity index (χ2n) is 8.62. The van der Waals surface area contributed by atoms with E-state index < -0.39 is 37.3 Å². The Morgan fingerprint density at radius 2 is 1.63 bits per heavy atom. The number of rotatable bonds is 5. The predicted molar refractivity (Wildman–Crippen MR) is 127 cm³/mol. The lowest BCUT2D eigenvalue weighted by atomic mass is 10.0. The Balaban J connectivity index is 1.87. The van der Waals surface area contributed by atoms with Gasteiger partial charge in [-0.15, -0.1) is 5.10 Å². The van der Waals surface area contributed by atoms with Crippen LogP contribution in [-0.4, -0.2) is 50.0 Å². The molecule has 0 bridgehead atoms. The molecule has 3 aromatic rings. The van der Waals surface area contributed by atoms with E-state index in [0.29, 0.717) is 16.9 Å². The minimum atomic E-state index is -4.53. The number of aromatic nitrogens is 2. The predicted octanol–water partition coefficient (Wildman–Crippen LogP) is 5.03. The SMILES string of the molecule is CC(C)S(=O)(=O)c1ccc(S(=O)(=O)n2nc(N3CCCCC3C(F)(F)F)c3c(Cl)cccc32)cc1. The monoisotopic (exact) mass is 549 g/mol. The second kappa shape index (κ2) is 8.97. The van der Waals surface area contributed by atoms with Gasteiger partial charge in [0.15, 0.2) is 15.7 Å². The molecule has 1 unspecified atom stereocenters. The molecule has 1 atom stereocenters. The van der Waals surface area contributed by atoms with Crippen molar-refractivity contribution in [2.45, 2.75) is 60.4 Å². The van der Waals surface area contributed by atoms with Gasteiger partial charge in [0.05, 0.1) is 31.0 Å². The van der Waals surface area contributed by atoms with Crippen LogP contribution < -0.4 is 4.90 Å². The van der Waals surface area contributed by atoms with E-state index in [1.807, 2.05) is 0 Å². The zero-order chi connectivity index (χ0) is 25.8. The highest BCUT2D eigenvalue weighted by atomic mass is 35.5. The summed E-state index contributed by atoms with van der Waals surface area (Å²) in [6.45, 7) is 3.06. The van der Waals surface area contributed by atoms with Crippen molar-refractivity contribution in [2.75, 3.05) is 11.4 Å². The molecule has 0 aliphatic carbocycles. The number of alkyl halides is 3. The van der Waals surface area contributed by atoms with Crippen LogP contribution in [0.2, 0.25) is 5.02 Å². The summed E-state index contributed by atoms with van der Waals surface area (Å²) in [7, 11) is -8.01. The van der Waals surface area contributed by atoms with Crippen molar-refractivity contribution in [2.24, 2.45) is 0 Å². The zero-order valence-corrected chi connectivity index (χ0v) is 21.2. The van der Waals surface area contributed by atoms with Crippen molar-refractivity contribution >= 4 is 48.2 Å². The van der Waals surface area contributed by atoms with Crippen molar-refractivity contribution in [1.82, 2.24) is 9.19 Å². The fourth-order valence-electron chi connectivity index (χ4n) is 4.17. The number of anilines is 1. The molecule has 190 valence electrons. The van der Waals surface area contributed by atoms with Crippen LogP contribution in [0, 0.1) is 0 Å². The molecule has 0 amide bonds. The normalized spacial score (nSPS) is 17.9. The molecule has 0 saturated carbocycles. The third-order valence-corrected chi connectivity index (χ3v) is 10.1. The lowest BCUT2D eigenvalue weighted by Gasteiger charge is -2.37. The van der Waals surface area contributed by atoms with Gasteiger partial charge < -0.3 is 4.90 Å². The number of fused-ring (bicyclic) bond motifs is 1. The van der Waals surface area contributed by atoms with Crippen LogP contribution in [0.3, 0.4) is 0 Å². The third kappa shape index (κ3) is 4.51. The molecular weight excluding hydrogens is 527 g/mol. The molecule has 13 heteroatoms. The van der Waals surface area contributed by atoms with Gasteiger partial charge in [-0.3, -0.25) is 0 Å². The summed E-state index contributed by atoms with van der Waals surface area (Å²) in [5, 5.41) is 3.62. The summed E-state index contributed by atoms with van der Waals surface area (Å²) < 4.78 is 93.8. The highest BCUT2D eigenvalue weighted by Gasteiger charge is 2.46. The lowest BCUT2D eigenvalue weighted by molar-refractivity contribution is -0.152. The lowest BCUT2D eigenvalue weighted by Crippen LogP contribution is -2.49. The average molecular weight is 550 g/mol. The maximum Gasteiger partial charge on any atom is 0.408 e. The van der Waals surface area contributed by atoms with Crippen LogP contribution in [0.5, 0.6) is 0 Å². The van der Waals surface area contributed by atoms with Crippen molar-refractivity contribution in [1.29, 1.82) is 0 Å². The molecule has 7 nitrogen and oxygen atoms in total. The smallest absolute Gasteiger partial charge is 0.342 e. The molecule has 1 aromatic heterocycles. The molecule has 35 heavy (non-hydrogen) atoms. The van der Waals surface area contributed by atoms with Crippen LogP contribution in [0.15, 0.2) is 52.3 Å². The van der Waals surface area contributed by atoms with E-state index in [1.54, 1.807) is 0 Å². The first kappa shape index (κ1) is 25.8. The molecule has 2 heterocycles. The zero-order valence-electron chi connectivity index (χ0n) is 18.8. The second-order valence-corrected chi connectivity index (χ2v) is 13.3. The number of hydrogen-bond acceptors (Lipinski definition) is 6. The fourth-order valence-corrected chi connectivity index (χ4v) is 6.76. The van der Waals surface area contributed by atoms with Gasteiger partial charge in [0.1, 0.15) is 6.04 Å². The molecule has 1 saturated heterocycles. The van der Waals surface area contributed by atoms with Gasteiger partial charge in [-0.1, -0.05) is 17.7 Å². The Labute approximate surface area is 206 Å². The minimum Gasteiger partial charge on any atom is -0.342 e. The average Bonchev–Trinajstić information content (AvgIpc) is 3.20. The van der Waals surface area contributed by atoms with Crippen LogP contribution in [0.1, 0.15) is 33.1 Å². The maximum absolute atomic E-state index is 13.8. The van der Waals surface area contributed by atoms with E-state index in [0.717, 1.165) is 17.0 Å². The molecule has 0 spiro atoms. The standard InChI is InChI=1S/C22H23ClF3N3O4S2/c1-14(2)34(30,31)15-9-11-16(12-10-15)35(32,33)29-18-7-5-6-17(23)20(18)21(27-29)28-13-4-3-8-19(28)22(24,25)26/h5-7,9-12,14,19H,3-4,8,13H2,1-2H3. The summed E-state index contributed by atoms with van der Waals surface area (Å²) in [6.07, 6.45) is -3.80. The van der Waals surface area contributed by atoms with E-state index in [9.17, 15) is 30.0 Å². The highest BCUT2D eigenvalue weighted by molar-refractivity contribution is 7.92. The summed E-state index contributed by atoms with van der Waals surface area (Å²) >= 11 is 6.33. The first-order valence-corrected chi connectivity index (χ1v) is 14.2. The number of benzene rings is 2. The molecular formula is C22H23ClF3N3O4S2. The number of nitrogens with zero attached hydrogens (tertiary/aromatic N) is 3. The molecule has 4 rings (SSSR count). The minimum absolute atomic E-state index is 0.0258. The van der Waals surface area contributed by atoms with Crippen LogP contribution in [0.4, 0.5) is 19.0 Å². The Kier molecular flexibility index (Phi) is 6.60. The molecule has 2 aromatic carbocycles. The Morgan fingerprint density at radius 1 is 1.00 bits per heavy atom. The molecule has 1 aliphatic heterocycles. The van der Waals surface area contributed by atoms with E-state index in [-0.39, 0.29) is 44.5 Å². The van der Waals surface area contributed by atoms with Crippen LogP contribution >= 0.6 is 11.6 Å². The number of hydrogen-bond donors (Lipinski definition) is 0. The number of piperidine rings is 1. The van der Waals surface area contributed by atoms with Gasteiger partial charge in [-0.05, 0) is 69.5 Å². The van der Waals surface area contributed by atoms with Gasteiger partial charge in [-0.2, -0.15) is 25.7 Å². The Bertz CT molecular complexity index is 1470. The van der Waals surface area contributed by atoms with E-state index >= 15 is 0 Å². The molecule has 0 N–H and O–H groups in total. The first-order valence-electron chi connectivity index (χ1n) is 10.9. The summed E-state index contributed by atoms with van der Waals surface area (Å²) in [6, 6.07) is 7.20. The molecule has 0 radical (unpaired) electrons. The number of halogens is 4. The van der Waals surface area contributed by atoms with E-state index in [1.165, 1.54) is 44.2 Å². The Morgan fingerprint density at radius 3 is 2.23 bits per heavy atom. The summed E-state index contributed by atoms with van der Waals surface area (Å²) in [4.78, 5) is 0.770. The van der Waals surface area contributed by atoms with Gasteiger partial charge >= 0.3 is 6.18 Å². The Hall–Kier alpha value is -2.31. The van der Waals surface area contributed by atoms with Crippen molar-refractivity contribution in [3.8, 4) is 0 Å². The van der Waals surface area contributed by atoms with Crippen LogP contribution in [-0.2, 0) is 19.9 Å². The van der Waals surface area contributed by atoms with E-state index in [2.05, 4.69) is 5.10 Å². The molecule has 1 fully saturated rings. The van der Waals surface area contributed by atoms with Crippen molar-refractivity contribution < 1.29 is 30.0 Å². The topological polar surface area (TPSA) is 89.3 Å². The summed E-state index contributed by atoms with van der Waals surface area (Å²) in [5.74, 6) is -0.157. The van der Waals surface area contributed by atoms with Gasteiger partial charge in [0.2, 0.25) is 0 Å². The van der Waals surface area contributed by atoms with E-state index in [4.69, 9.17) is 11.6 Å². The molecule has 1 aliphatic rings. The van der Waals surface area contributed by atoms with Crippen LogP contribution in [0.25, 0.3) is 10.9 Å². The summed E-state index contributed by atoms with van der Waals surface area (Å²) in [5.41, 5.74) is 0.0258. The fraction of sp³-hybridized carbons (Fsp3) is 0.409. The van der Waals surface area contributed by atoms with Crippen molar-refractivity contribution in [3.63, 3.8) is 0 Å². The first-order chi connectivity index (χ1) is 16.3. The number of sulfone groups is 1. The maximum atomic E-state index is 13.8. The van der Waals surface area contributed by atoms with Gasteiger partial charge in [-0.25, -0.2) is 8.42 Å². The van der Waals surface area contributed by atoms with Crippen molar-refractivity contribution in [3.05, 3.63) is 47.5 Å². The quantitative estimate of drug-likeness (QED) is 0.443. The third-order valence-electron chi connectivity index (χ3n) is 6.06. The highest BCUT2D eigenvalue weighted by Crippen LogP contribution is 2.40. The van der Waals surface area contributed by atoms with Gasteiger partial charge in [0.25, 0.3) is 10.0 Å².